The van der Waals surface area contributed by atoms with E-state index in [9.17, 15) is 0 Å². The quantitative estimate of drug-likeness (QED) is 0.177. The lowest BCUT2D eigenvalue weighted by Gasteiger charge is -2.43. The normalized spacial score (nSPS) is 28.1. The zero-order valence-corrected chi connectivity index (χ0v) is 32.5. The molecule has 0 saturated heterocycles. The summed E-state index contributed by atoms with van der Waals surface area (Å²) >= 11 is 0. The Bertz CT molecular complexity index is 2470. The average Bonchev–Trinajstić information content (AvgIpc) is 3.84. The van der Waals surface area contributed by atoms with Gasteiger partial charge in [0.05, 0.1) is 5.41 Å². The molecule has 6 aromatic carbocycles. The number of benzene rings is 6. The Morgan fingerprint density at radius 2 is 0.727 bits per heavy atom. The monoisotopic (exact) mass is 716 g/mol. The topological polar surface area (TPSA) is 18.5 Å². The van der Waals surface area contributed by atoms with Gasteiger partial charge < -0.3 is 9.47 Å². The summed E-state index contributed by atoms with van der Waals surface area (Å²) in [6.07, 6.45) is 9.59. The fraction of sp³-hybridized carbons (Fsp3) is 0.321. The molecule has 2 saturated carbocycles. The van der Waals surface area contributed by atoms with Crippen LogP contribution in [0.15, 0.2) is 121 Å². The fourth-order valence-electron chi connectivity index (χ4n) is 12.6. The van der Waals surface area contributed by atoms with Gasteiger partial charge in [-0.25, -0.2) is 0 Å². The predicted molar refractivity (Wildman–Crippen MR) is 223 cm³/mol. The van der Waals surface area contributed by atoms with Gasteiger partial charge in [0.15, 0.2) is 0 Å². The van der Waals surface area contributed by atoms with Crippen molar-refractivity contribution in [2.75, 3.05) is 0 Å². The maximum Gasteiger partial charge on any atom is 0.124 e. The molecule has 2 heteroatoms. The molecule has 0 radical (unpaired) electrons. The molecular formula is C53H48O2. The zero-order chi connectivity index (χ0) is 37.0. The third kappa shape index (κ3) is 3.87. The smallest absolute Gasteiger partial charge is 0.124 e. The van der Waals surface area contributed by atoms with Gasteiger partial charge in [0.25, 0.3) is 0 Å². The highest BCUT2D eigenvalue weighted by Crippen LogP contribution is 2.64. The van der Waals surface area contributed by atoms with E-state index in [-0.39, 0.29) is 22.0 Å². The van der Waals surface area contributed by atoms with Crippen molar-refractivity contribution in [2.24, 2.45) is 0 Å². The van der Waals surface area contributed by atoms with Crippen LogP contribution in [0.2, 0.25) is 0 Å². The van der Waals surface area contributed by atoms with Gasteiger partial charge in [-0.1, -0.05) is 112 Å². The Hall–Kier alpha value is -5.08. The largest absolute Gasteiger partial charge is 0.486 e. The Labute approximate surface area is 325 Å². The maximum atomic E-state index is 6.76. The lowest BCUT2D eigenvalue weighted by molar-refractivity contribution is 0.00727. The highest BCUT2D eigenvalue weighted by Gasteiger charge is 2.57. The van der Waals surface area contributed by atoms with E-state index in [4.69, 9.17) is 9.47 Å². The van der Waals surface area contributed by atoms with Crippen molar-refractivity contribution < 1.29 is 9.47 Å². The molecule has 0 N–H and O–H groups in total. The number of fused-ring (bicyclic) bond motifs is 16. The first-order valence-electron chi connectivity index (χ1n) is 20.8. The fourth-order valence-corrected chi connectivity index (χ4v) is 12.6. The summed E-state index contributed by atoms with van der Waals surface area (Å²) in [7, 11) is 0. The molecule has 6 aliphatic rings. The minimum Gasteiger partial charge on any atom is -0.486 e. The van der Waals surface area contributed by atoms with E-state index in [1.165, 1.54) is 116 Å². The second-order valence-electron chi connectivity index (χ2n) is 18.5. The van der Waals surface area contributed by atoms with Gasteiger partial charge in [-0.15, -0.1) is 0 Å². The molecule has 55 heavy (non-hydrogen) atoms. The van der Waals surface area contributed by atoms with E-state index >= 15 is 0 Å². The van der Waals surface area contributed by atoms with Crippen LogP contribution in [0.3, 0.4) is 0 Å². The molecule has 1 spiro atoms. The van der Waals surface area contributed by atoms with Gasteiger partial charge in [0.1, 0.15) is 22.7 Å². The summed E-state index contributed by atoms with van der Waals surface area (Å²) < 4.78 is 13.5. The van der Waals surface area contributed by atoms with E-state index in [1.54, 1.807) is 0 Å². The van der Waals surface area contributed by atoms with Crippen molar-refractivity contribution in [2.45, 2.75) is 107 Å². The molecule has 0 amide bonds. The molecule has 6 aromatic rings. The van der Waals surface area contributed by atoms with Crippen molar-refractivity contribution in [3.05, 3.63) is 155 Å². The summed E-state index contributed by atoms with van der Waals surface area (Å²) in [6, 6.07) is 47.0. The lowest BCUT2D eigenvalue weighted by Crippen LogP contribution is -2.49. The van der Waals surface area contributed by atoms with Crippen LogP contribution in [-0.4, -0.2) is 11.2 Å². The maximum absolute atomic E-state index is 6.76. The highest BCUT2D eigenvalue weighted by atomic mass is 16.5. The zero-order valence-electron chi connectivity index (χ0n) is 32.5. The Balaban J connectivity index is 1.06. The summed E-state index contributed by atoms with van der Waals surface area (Å²) in [4.78, 5) is 0. The van der Waals surface area contributed by atoms with Gasteiger partial charge in [-0.05, 0) is 156 Å². The Kier molecular flexibility index (Phi) is 6.21. The van der Waals surface area contributed by atoms with Gasteiger partial charge >= 0.3 is 0 Å². The van der Waals surface area contributed by atoms with Crippen LogP contribution in [0, 0.1) is 0 Å². The molecule has 2 nitrogen and oxygen atoms in total. The summed E-state index contributed by atoms with van der Waals surface area (Å²) in [6.45, 7) is 9.58. The minimum absolute atomic E-state index is 0.0290. The first kappa shape index (κ1) is 32.2. The van der Waals surface area contributed by atoms with Gasteiger partial charge in [0, 0.05) is 22.0 Å². The van der Waals surface area contributed by atoms with E-state index < -0.39 is 5.41 Å². The second-order valence-corrected chi connectivity index (χ2v) is 18.5. The lowest BCUT2D eigenvalue weighted by atomic mass is 9.63. The number of hydrogen-bond acceptors (Lipinski definition) is 2. The second kappa shape index (κ2) is 10.6. The van der Waals surface area contributed by atoms with Crippen molar-refractivity contribution in [3.63, 3.8) is 0 Å². The van der Waals surface area contributed by atoms with Crippen molar-refractivity contribution in [3.8, 4) is 56.0 Å². The molecule has 272 valence electrons. The van der Waals surface area contributed by atoms with Crippen LogP contribution in [0.1, 0.15) is 112 Å². The van der Waals surface area contributed by atoms with Crippen molar-refractivity contribution in [1.82, 2.24) is 0 Å². The minimum atomic E-state index is -0.425. The van der Waals surface area contributed by atoms with Crippen LogP contribution < -0.4 is 9.47 Å². The van der Waals surface area contributed by atoms with E-state index in [0.717, 1.165) is 24.3 Å². The molecular weight excluding hydrogens is 669 g/mol. The van der Waals surface area contributed by atoms with Gasteiger partial charge in [-0.3, -0.25) is 0 Å². The molecule has 2 aliphatic heterocycles. The summed E-state index contributed by atoms with van der Waals surface area (Å²) in [5.41, 5.74) is 18.1. The first-order valence-corrected chi connectivity index (χ1v) is 20.8. The van der Waals surface area contributed by atoms with Crippen LogP contribution in [0.25, 0.3) is 44.5 Å². The van der Waals surface area contributed by atoms with Crippen LogP contribution in [0.4, 0.5) is 0 Å². The molecule has 4 unspecified atom stereocenters. The van der Waals surface area contributed by atoms with Crippen LogP contribution in [0.5, 0.6) is 11.5 Å². The molecule has 12 rings (SSSR count). The molecule has 4 atom stereocenters. The SMILES string of the molecule is CC12CCCCC1(C)c1cc(-c3ccc4c(c3)C3(c5ccccc5-c5ccccc53)c3cc(-c5ccc6c(c5)C5(C)CCCCC5(C)O6)ccc3-4)ccc1O2. The number of ether oxygens (including phenoxy) is 2. The van der Waals surface area contributed by atoms with Gasteiger partial charge in [-0.2, -0.15) is 0 Å². The van der Waals surface area contributed by atoms with Crippen molar-refractivity contribution >= 4 is 0 Å². The van der Waals surface area contributed by atoms with E-state index in [2.05, 4.69) is 149 Å². The summed E-state index contributed by atoms with van der Waals surface area (Å²) in [5.74, 6) is 2.15. The third-order valence-electron chi connectivity index (χ3n) is 16.1. The van der Waals surface area contributed by atoms with E-state index in [0.29, 0.717) is 0 Å². The summed E-state index contributed by atoms with van der Waals surface area (Å²) in [5, 5.41) is 0. The Morgan fingerprint density at radius 3 is 1.18 bits per heavy atom. The molecule has 2 fully saturated rings. The number of rotatable bonds is 2. The van der Waals surface area contributed by atoms with Crippen LogP contribution in [-0.2, 0) is 16.2 Å². The molecule has 0 aromatic heterocycles. The van der Waals surface area contributed by atoms with Crippen molar-refractivity contribution in [1.29, 1.82) is 0 Å². The predicted octanol–water partition coefficient (Wildman–Crippen LogP) is 13.3. The van der Waals surface area contributed by atoms with Gasteiger partial charge in [0.2, 0.25) is 0 Å². The first-order chi connectivity index (χ1) is 26.7. The van der Waals surface area contributed by atoms with Crippen LogP contribution >= 0.6 is 0 Å². The van der Waals surface area contributed by atoms with E-state index in [1.807, 2.05) is 0 Å². The Morgan fingerprint density at radius 1 is 0.364 bits per heavy atom. The molecule has 2 heterocycles. The number of hydrogen-bond donors (Lipinski definition) is 0. The standard InChI is InChI=1S/C53H48O2/c1-49-25-9-11-27-51(49,3)54-47-23-19-35(31-45(47)49)33-17-21-39-40-22-18-34(36-20-24-48-46(32-36)50(2)26-10-12-28-52(50,4)55-48)30-44(40)53(43(39)29-33)41-15-7-5-13-37(41)38-14-6-8-16-42(38)53/h5-8,13-24,29-32H,9-12,25-28H2,1-4H3. The average molecular weight is 717 g/mol. The third-order valence-corrected chi connectivity index (χ3v) is 16.1. The molecule has 0 bridgehead atoms. The molecule has 4 aliphatic carbocycles. The highest BCUT2D eigenvalue weighted by molar-refractivity contribution is 5.97.